The first kappa shape index (κ1) is 17.9. The number of rotatable bonds is 1. The maximum absolute atomic E-state index is 12.6. The molecule has 2 bridgehead atoms. The summed E-state index contributed by atoms with van der Waals surface area (Å²) >= 11 is 0. The van der Waals surface area contributed by atoms with Crippen LogP contribution in [0.3, 0.4) is 0 Å². The van der Waals surface area contributed by atoms with E-state index in [1.807, 2.05) is 20.8 Å². The normalized spacial score (nSPS) is 26.8. The fraction of sp³-hybridized carbons (Fsp3) is 0.882. The van der Waals surface area contributed by atoms with Gasteiger partial charge in [-0.15, -0.1) is 0 Å². The van der Waals surface area contributed by atoms with Crippen LogP contribution in [0.15, 0.2) is 0 Å². The third-order valence-electron chi connectivity index (χ3n) is 4.22. The summed E-state index contributed by atoms with van der Waals surface area (Å²) in [5.41, 5.74) is 1.40. The van der Waals surface area contributed by atoms with Crippen molar-refractivity contribution in [2.45, 2.75) is 84.5 Å². The van der Waals surface area contributed by atoms with Crippen molar-refractivity contribution in [2.24, 2.45) is 11.8 Å². The first-order valence-corrected chi connectivity index (χ1v) is 8.46. The van der Waals surface area contributed by atoms with Crippen LogP contribution < -0.4 is 5.43 Å². The van der Waals surface area contributed by atoms with E-state index in [-0.39, 0.29) is 6.04 Å². The topological polar surface area (TPSA) is 67.9 Å². The molecule has 6 nitrogen and oxygen atoms in total. The summed E-state index contributed by atoms with van der Waals surface area (Å²) in [7, 11) is 0. The average Bonchev–Trinajstić information content (AvgIpc) is 2.30. The quantitative estimate of drug-likeness (QED) is 0.743. The predicted molar refractivity (Wildman–Crippen MR) is 86.7 cm³/mol. The number of fused-ring (bicyclic) bond motifs is 2. The maximum Gasteiger partial charge on any atom is 0.429 e. The van der Waals surface area contributed by atoms with Crippen LogP contribution in [0.25, 0.3) is 0 Å². The summed E-state index contributed by atoms with van der Waals surface area (Å²) in [4.78, 5) is 24.7. The van der Waals surface area contributed by atoms with Crippen LogP contribution in [0.4, 0.5) is 9.59 Å². The van der Waals surface area contributed by atoms with E-state index in [1.54, 1.807) is 20.8 Å². The third kappa shape index (κ3) is 5.01. The molecule has 23 heavy (non-hydrogen) atoms. The van der Waals surface area contributed by atoms with E-state index in [1.165, 1.54) is 5.01 Å². The molecule has 132 valence electrons. The van der Waals surface area contributed by atoms with Gasteiger partial charge in [0.05, 0.1) is 6.04 Å². The van der Waals surface area contributed by atoms with E-state index >= 15 is 0 Å². The highest BCUT2D eigenvalue weighted by atomic mass is 16.6. The number of carbonyl (C=O) groups is 2. The lowest BCUT2D eigenvalue weighted by Gasteiger charge is -2.49. The van der Waals surface area contributed by atoms with Gasteiger partial charge in [-0.1, -0.05) is 0 Å². The summed E-state index contributed by atoms with van der Waals surface area (Å²) in [6.45, 7) is 10.8. The number of nitrogens with zero attached hydrogens (tertiary/aromatic N) is 1. The largest absolute Gasteiger partial charge is 0.443 e. The van der Waals surface area contributed by atoms with Gasteiger partial charge in [-0.3, -0.25) is 0 Å². The van der Waals surface area contributed by atoms with Gasteiger partial charge >= 0.3 is 12.2 Å². The third-order valence-corrected chi connectivity index (χ3v) is 4.22. The molecule has 3 rings (SSSR count). The van der Waals surface area contributed by atoms with Gasteiger partial charge in [-0.05, 0) is 79.1 Å². The van der Waals surface area contributed by atoms with Crippen LogP contribution in [0.5, 0.6) is 0 Å². The van der Waals surface area contributed by atoms with Crippen molar-refractivity contribution in [2.75, 3.05) is 0 Å². The molecular weight excluding hydrogens is 296 g/mol. The van der Waals surface area contributed by atoms with E-state index in [2.05, 4.69) is 5.43 Å². The zero-order valence-corrected chi connectivity index (χ0v) is 15.1. The molecule has 0 aromatic carbocycles. The molecule has 1 atom stereocenters. The van der Waals surface area contributed by atoms with Gasteiger partial charge < -0.3 is 9.47 Å². The highest BCUT2D eigenvalue weighted by Gasteiger charge is 2.45. The molecule has 1 N–H and O–H groups in total. The molecule has 0 spiro atoms. The highest BCUT2D eigenvalue weighted by Crippen LogP contribution is 2.47. The molecule has 6 heteroatoms. The van der Waals surface area contributed by atoms with Gasteiger partial charge in [0.25, 0.3) is 0 Å². The Morgan fingerprint density at radius 3 is 1.96 bits per heavy atom. The first-order chi connectivity index (χ1) is 10.4. The van der Waals surface area contributed by atoms with Crippen molar-refractivity contribution < 1.29 is 19.1 Å². The lowest BCUT2D eigenvalue weighted by atomic mass is 9.62. The van der Waals surface area contributed by atoms with Gasteiger partial charge in [0, 0.05) is 0 Å². The minimum atomic E-state index is -0.621. The summed E-state index contributed by atoms with van der Waals surface area (Å²) in [6, 6.07) is -0.0117. The Morgan fingerprint density at radius 2 is 1.52 bits per heavy atom. The fourth-order valence-electron chi connectivity index (χ4n) is 3.29. The summed E-state index contributed by atoms with van der Waals surface area (Å²) < 4.78 is 10.8. The summed E-state index contributed by atoms with van der Waals surface area (Å²) in [5, 5.41) is 1.36. The SMILES string of the molecule is CC(C)(C)OC(=O)NN(C(=O)OC(C)(C)C)C1CCC2CC1C2. The molecule has 1 unspecified atom stereocenters. The number of carbonyl (C=O) groups excluding carboxylic acids is 2. The Hall–Kier alpha value is -1.46. The Morgan fingerprint density at radius 1 is 0.957 bits per heavy atom. The predicted octanol–water partition coefficient (Wildman–Crippen LogP) is 3.85. The van der Waals surface area contributed by atoms with Gasteiger partial charge in [0.1, 0.15) is 11.2 Å². The van der Waals surface area contributed by atoms with Crippen LogP contribution in [0.1, 0.15) is 67.2 Å². The van der Waals surface area contributed by atoms with E-state index < -0.39 is 23.4 Å². The van der Waals surface area contributed by atoms with Gasteiger partial charge in [-0.2, -0.15) is 0 Å². The number of hydrazine groups is 1. The Kier molecular flexibility index (Phi) is 4.83. The minimum absolute atomic E-state index is 0.0117. The number of nitrogens with one attached hydrogen (secondary N) is 1. The Labute approximate surface area is 138 Å². The van der Waals surface area contributed by atoms with Crippen LogP contribution in [-0.4, -0.2) is 34.4 Å². The van der Waals surface area contributed by atoms with Gasteiger partial charge in [0.2, 0.25) is 0 Å². The minimum Gasteiger partial charge on any atom is -0.443 e. The number of ether oxygens (including phenoxy) is 2. The van der Waals surface area contributed by atoms with Crippen LogP contribution in [-0.2, 0) is 9.47 Å². The molecule has 0 radical (unpaired) electrons. The van der Waals surface area contributed by atoms with E-state index in [0.29, 0.717) is 5.92 Å². The second-order valence-electron chi connectivity index (χ2n) is 8.71. The van der Waals surface area contributed by atoms with Crippen molar-refractivity contribution in [1.29, 1.82) is 0 Å². The van der Waals surface area contributed by atoms with Crippen molar-refractivity contribution in [3.63, 3.8) is 0 Å². The number of hydrogen-bond acceptors (Lipinski definition) is 4. The molecule has 3 aliphatic carbocycles. The molecule has 0 heterocycles. The fourth-order valence-corrected chi connectivity index (χ4v) is 3.29. The average molecular weight is 326 g/mol. The molecule has 0 aromatic rings. The molecule has 3 aliphatic rings. The van der Waals surface area contributed by atoms with E-state index in [0.717, 1.165) is 31.6 Å². The maximum atomic E-state index is 12.6. The summed E-state index contributed by atoms with van der Waals surface area (Å²) in [6.07, 6.45) is 3.10. The lowest BCUT2D eigenvalue weighted by Crippen LogP contribution is -2.59. The molecule has 0 saturated heterocycles. The Balaban J connectivity index is 2.07. The number of amides is 2. The number of hydrogen-bond donors (Lipinski definition) is 1. The molecule has 3 saturated carbocycles. The highest BCUT2D eigenvalue weighted by molar-refractivity contribution is 5.74. The zero-order valence-electron chi connectivity index (χ0n) is 15.1. The van der Waals surface area contributed by atoms with Crippen molar-refractivity contribution in [1.82, 2.24) is 10.4 Å². The van der Waals surface area contributed by atoms with E-state index in [9.17, 15) is 9.59 Å². The molecule has 2 amide bonds. The first-order valence-electron chi connectivity index (χ1n) is 8.46. The van der Waals surface area contributed by atoms with Crippen molar-refractivity contribution in [3.05, 3.63) is 0 Å². The molecule has 0 aliphatic heterocycles. The van der Waals surface area contributed by atoms with Crippen LogP contribution in [0, 0.1) is 11.8 Å². The van der Waals surface area contributed by atoms with Gasteiger partial charge in [0.15, 0.2) is 0 Å². The standard InChI is InChI=1S/C17H30N2O4/c1-16(2,3)22-14(20)18-19(15(21)23-17(4,5)6)13-8-7-11-9-12(13)10-11/h11-13H,7-10H2,1-6H3,(H,18,20). The smallest absolute Gasteiger partial charge is 0.429 e. The Bertz CT molecular complexity index is 455. The van der Waals surface area contributed by atoms with Crippen molar-refractivity contribution in [3.8, 4) is 0 Å². The molecule has 0 aromatic heterocycles. The molecule has 3 fully saturated rings. The molecular formula is C17H30N2O4. The van der Waals surface area contributed by atoms with E-state index in [4.69, 9.17) is 9.47 Å². The van der Waals surface area contributed by atoms with Gasteiger partial charge in [-0.25, -0.2) is 20.0 Å². The van der Waals surface area contributed by atoms with Crippen LogP contribution >= 0.6 is 0 Å². The zero-order chi connectivity index (χ0) is 17.4. The second-order valence-corrected chi connectivity index (χ2v) is 8.71. The second kappa shape index (κ2) is 6.21. The summed E-state index contributed by atoms with van der Waals surface area (Å²) in [5.74, 6) is 1.23. The van der Waals surface area contributed by atoms with Crippen molar-refractivity contribution >= 4 is 12.2 Å². The van der Waals surface area contributed by atoms with Crippen LogP contribution in [0.2, 0.25) is 0 Å². The monoisotopic (exact) mass is 326 g/mol. The lowest BCUT2D eigenvalue weighted by molar-refractivity contribution is -0.0484.